The number of anilines is 1. The van der Waals surface area contributed by atoms with Crippen LogP contribution in [0, 0.1) is 5.92 Å². The molecule has 2 aromatic rings. The van der Waals surface area contributed by atoms with Crippen molar-refractivity contribution < 1.29 is 14.0 Å². The van der Waals surface area contributed by atoms with E-state index in [4.69, 9.17) is 4.42 Å². The molecule has 1 atom stereocenters. The third-order valence-electron chi connectivity index (χ3n) is 4.16. The number of nitrogens with zero attached hydrogens (tertiary/aromatic N) is 2. The molecule has 128 valence electrons. The molecule has 1 saturated carbocycles. The van der Waals surface area contributed by atoms with Gasteiger partial charge in [0.15, 0.2) is 0 Å². The number of amides is 2. The molecule has 2 amide bonds. The lowest BCUT2D eigenvalue weighted by Gasteiger charge is -2.11. The summed E-state index contributed by atoms with van der Waals surface area (Å²) < 4.78 is 4.85. The summed E-state index contributed by atoms with van der Waals surface area (Å²) in [7, 11) is 0. The third-order valence-corrected chi connectivity index (χ3v) is 5.02. The first kappa shape index (κ1) is 16.6. The van der Waals surface area contributed by atoms with Gasteiger partial charge in [0, 0.05) is 6.42 Å². The molecule has 3 rings (SSSR count). The normalized spacial score (nSPS) is 16.0. The Morgan fingerprint density at radius 3 is 2.88 bits per heavy atom. The maximum atomic E-state index is 12.2. The molecule has 7 nitrogen and oxygen atoms in total. The third kappa shape index (κ3) is 4.19. The highest BCUT2D eigenvalue weighted by Crippen LogP contribution is 2.29. The molecule has 1 aliphatic rings. The summed E-state index contributed by atoms with van der Waals surface area (Å²) in [4.78, 5) is 24.1. The Morgan fingerprint density at radius 1 is 1.38 bits per heavy atom. The predicted octanol–water partition coefficient (Wildman–Crippen LogP) is 2.62. The minimum absolute atomic E-state index is 0.324. The number of furan rings is 1. The second-order valence-electron chi connectivity index (χ2n) is 6.05. The van der Waals surface area contributed by atoms with Crippen molar-refractivity contribution in [3.63, 3.8) is 0 Å². The SMILES string of the molecule is C[C@H](NC(=O)c1ccoc1)C(=O)Nc1nnc(CC2CCCC2)s1. The average Bonchev–Trinajstić information content (AvgIpc) is 3.30. The molecule has 0 radical (unpaired) electrons. The van der Waals surface area contributed by atoms with Gasteiger partial charge in [-0.3, -0.25) is 14.9 Å². The van der Waals surface area contributed by atoms with Crippen LogP contribution in [-0.4, -0.2) is 28.1 Å². The minimum atomic E-state index is -0.686. The molecule has 24 heavy (non-hydrogen) atoms. The second-order valence-corrected chi connectivity index (χ2v) is 7.11. The number of aromatic nitrogens is 2. The fourth-order valence-corrected chi connectivity index (χ4v) is 3.66. The Hall–Kier alpha value is -2.22. The number of hydrogen-bond donors (Lipinski definition) is 2. The Kier molecular flexibility index (Phi) is 5.24. The van der Waals surface area contributed by atoms with E-state index in [1.54, 1.807) is 13.0 Å². The lowest BCUT2D eigenvalue weighted by atomic mass is 10.1. The molecule has 0 spiro atoms. The molecule has 2 heterocycles. The zero-order chi connectivity index (χ0) is 16.9. The number of carbonyl (C=O) groups excluding carboxylic acids is 2. The highest BCUT2D eigenvalue weighted by atomic mass is 32.1. The van der Waals surface area contributed by atoms with Crippen molar-refractivity contribution in [1.82, 2.24) is 15.5 Å². The van der Waals surface area contributed by atoms with Crippen LogP contribution in [0.15, 0.2) is 23.0 Å². The van der Waals surface area contributed by atoms with Crippen LogP contribution in [0.25, 0.3) is 0 Å². The van der Waals surface area contributed by atoms with Crippen molar-refractivity contribution in [2.24, 2.45) is 5.92 Å². The lowest BCUT2D eigenvalue weighted by molar-refractivity contribution is -0.117. The topological polar surface area (TPSA) is 97.1 Å². The summed E-state index contributed by atoms with van der Waals surface area (Å²) in [5.41, 5.74) is 0.379. The van der Waals surface area contributed by atoms with Crippen molar-refractivity contribution >= 4 is 28.3 Å². The van der Waals surface area contributed by atoms with E-state index in [0.29, 0.717) is 16.6 Å². The molecule has 0 unspecified atom stereocenters. The van der Waals surface area contributed by atoms with E-state index in [9.17, 15) is 9.59 Å². The number of rotatable bonds is 6. The fraction of sp³-hybridized carbons (Fsp3) is 0.500. The second kappa shape index (κ2) is 7.57. The van der Waals surface area contributed by atoms with E-state index < -0.39 is 6.04 Å². The monoisotopic (exact) mass is 348 g/mol. The van der Waals surface area contributed by atoms with E-state index in [2.05, 4.69) is 20.8 Å². The molecule has 8 heteroatoms. The summed E-state index contributed by atoms with van der Waals surface area (Å²) in [6.07, 6.45) is 8.76. The van der Waals surface area contributed by atoms with Crippen LogP contribution >= 0.6 is 11.3 Å². The highest BCUT2D eigenvalue weighted by molar-refractivity contribution is 7.15. The van der Waals surface area contributed by atoms with Crippen LogP contribution in [0.5, 0.6) is 0 Å². The van der Waals surface area contributed by atoms with Crippen molar-refractivity contribution in [2.45, 2.75) is 45.1 Å². The maximum absolute atomic E-state index is 12.2. The van der Waals surface area contributed by atoms with Gasteiger partial charge in [0.25, 0.3) is 5.91 Å². The first-order valence-corrected chi connectivity index (χ1v) is 8.90. The van der Waals surface area contributed by atoms with Gasteiger partial charge in [-0.25, -0.2) is 0 Å². The maximum Gasteiger partial charge on any atom is 0.255 e. The molecule has 0 bridgehead atoms. The van der Waals surface area contributed by atoms with Crippen LogP contribution in [0.1, 0.15) is 48.0 Å². The molecule has 0 aliphatic heterocycles. The van der Waals surface area contributed by atoms with Crippen LogP contribution in [0.3, 0.4) is 0 Å². The van der Waals surface area contributed by atoms with Gasteiger partial charge in [-0.2, -0.15) is 0 Å². The smallest absolute Gasteiger partial charge is 0.255 e. The fourth-order valence-electron chi connectivity index (χ4n) is 2.80. The summed E-state index contributed by atoms with van der Waals surface area (Å²) in [6.45, 7) is 1.62. The van der Waals surface area contributed by atoms with Crippen molar-refractivity contribution in [1.29, 1.82) is 0 Å². The van der Waals surface area contributed by atoms with E-state index in [1.165, 1.54) is 49.5 Å². The predicted molar refractivity (Wildman–Crippen MR) is 89.8 cm³/mol. The van der Waals surface area contributed by atoms with Gasteiger partial charge in [0.05, 0.1) is 11.8 Å². The lowest BCUT2D eigenvalue weighted by Crippen LogP contribution is -2.41. The van der Waals surface area contributed by atoms with Gasteiger partial charge in [-0.15, -0.1) is 10.2 Å². The van der Waals surface area contributed by atoms with Crippen LogP contribution < -0.4 is 10.6 Å². The molecule has 0 aromatic carbocycles. The zero-order valence-electron chi connectivity index (χ0n) is 13.4. The Balaban J connectivity index is 1.50. The number of carbonyl (C=O) groups is 2. The summed E-state index contributed by atoms with van der Waals surface area (Å²) >= 11 is 1.40. The van der Waals surface area contributed by atoms with Crippen molar-refractivity contribution in [3.8, 4) is 0 Å². The van der Waals surface area contributed by atoms with Crippen LogP contribution in [-0.2, 0) is 11.2 Å². The molecular formula is C16H20N4O3S. The average molecular weight is 348 g/mol. The number of nitrogens with one attached hydrogen (secondary N) is 2. The first-order chi connectivity index (χ1) is 11.6. The van der Waals surface area contributed by atoms with E-state index in [1.807, 2.05) is 0 Å². The Morgan fingerprint density at radius 2 is 2.17 bits per heavy atom. The first-order valence-electron chi connectivity index (χ1n) is 8.08. The van der Waals surface area contributed by atoms with Crippen LogP contribution in [0.4, 0.5) is 5.13 Å². The van der Waals surface area contributed by atoms with Gasteiger partial charge in [-0.1, -0.05) is 37.0 Å². The molecule has 2 aromatic heterocycles. The van der Waals surface area contributed by atoms with Gasteiger partial charge in [0.2, 0.25) is 11.0 Å². The van der Waals surface area contributed by atoms with E-state index >= 15 is 0 Å². The van der Waals surface area contributed by atoms with Gasteiger partial charge in [0.1, 0.15) is 17.3 Å². The molecule has 1 fully saturated rings. The van der Waals surface area contributed by atoms with Crippen LogP contribution in [0.2, 0.25) is 0 Å². The van der Waals surface area contributed by atoms with E-state index in [-0.39, 0.29) is 11.8 Å². The Labute approximate surface area is 143 Å². The minimum Gasteiger partial charge on any atom is -0.472 e. The Bertz CT molecular complexity index is 692. The van der Waals surface area contributed by atoms with Gasteiger partial charge >= 0.3 is 0 Å². The van der Waals surface area contributed by atoms with Crippen molar-refractivity contribution in [3.05, 3.63) is 29.2 Å². The van der Waals surface area contributed by atoms with Gasteiger partial charge in [-0.05, 0) is 18.9 Å². The van der Waals surface area contributed by atoms with Crippen molar-refractivity contribution in [2.75, 3.05) is 5.32 Å². The quantitative estimate of drug-likeness (QED) is 0.836. The van der Waals surface area contributed by atoms with Gasteiger partial charge < -0.3 is 9.73 Å². The van der Waals surface area contributed by atoms with E-state index in [0.717, 1.165) is 11.4 Å². The largest absolute Gasteiger partial charge is 0.472 e. The zero-order valence-corrected chi connectivity index (χ0v) is 14.3. The summed E-state index contributed by atoms with van der Waals surface area (Å²) in [6, 6.07) is 0.856. The molecule has 0 saturated heterocycles. The molecule has 2 N–H and O–H groups in total. The number of hydrogen-bond acceptors (Lipinski definition) is 6. The standard InChI is InChI=1S/C16H20N4O3S/c1-10(17-15(22)12-6-7-23-9-12)14(21)18-16-20-19-13(24-16)8-11-4-2-3-5-11/h6-7,9-11H,2-5,8H2,1H3,(H,17,22)(H,18,20,21)/t10-/m0/s1. The highest BCUT2D eigenvalue weighted by Gasteiger charge is 2.20. The summed E-state index contributed by atoms with van der Waals surface area (Å²) in [5.74, 6) is 0.00988. The summed E-state index contributed by atoms with van der Waals surface area (Å²) in [5, 5.41) is 14.9. The molecule has 1 aliphatic carbocycles. The molecular weight excluding hydrogens is 328 g/mol.